The summed E-state index contributed by atoms with van der Waals surface area (Å²) < 4.78 is 11.1. The number of nitrogens with zero attached hydrogens (tertiary/aromatic N) is 1. The first-order chi connectivity index (χ1) is 9.24. The van der Waals surface area contributed by atoms with E-state index in [1.54, 1.807) is 7.11 Å². The van der Waals surface area contributed by atoms with Crippen LogP contribution in [0.4, 0.5) is 0 Å². The van der Waals surface area contributed by atoms with E-state index in [0.29, 0.717) is 0 Å². The highest BCUT2D eigenvalue weighted by Gasteiger charge is 2.29. The van der Waals surface area contributed by atoms with Gasteiger partial charge in [-0.2, -0.15) is 0 Å². The van der Waals surface area contributed by atoms with Crippen molar-refractivity contribution in [2.45, 2.75) is 45.8 Å². The Hall–Kier alpha value is -0.840. The van der Waals surface area contributed by atoms with E-state index >= 15 is 0 Å². The lowest BCUT2D eigenvalue weighted by molar-refractivity contribution is 0.134. The summed E-state index contributed by atoms with van der Waals surface area (Å²) in [5.74, 6) is 2.12. The van der Waals surface area contributed by atoms with Gasteiger partial charge in [-0.3, -0.25) is 4.90 Å². The summed E-state index contributed by atoms with van der Waals surface area (Å²) in [6, 6.07) is 2.93. The summed E-state index contributed by atoms with van der Waals surface area (Å²) in [6.07, 6.45) is 2.63. The molecule has 108 valence electrons. The molecule has 4 nitrogen and oxygen atoms in total. The molecule has 0 aliphatic heterocycles. The number of furan rings is 1. The van der Waals surface area contributed by atoms with E-state index in [1.807, 2.05) is 6.92 Å². The summed E-state index contributed by atoms with van der Waals surface area (Å²) in [6.45, 7) is 8.74. The van der Waals surface area contributed by atoms with Gasteiger partial charge in [-0.05, 0) is 32.4 Å². The van der Waals surface area contributed by atoms with Crippen LogP contribution in [0.15, 0.2) is 10.5 Å². The number of methoxy groups -OCH3 is 1. The Kier molecular flexibility index (Phi) is 5.43. The molecular formula is C15H26N2O2. The van der Waals surface area contributed by atoms with E-state index in [9.17, 15) is 0 Å². The minimum atomic E-state index is 0.734. The second-order valence-electron chi connectivity index (χ2n) is 5.27. The van der Waals surface area contributed by atoms with Crippen molar-refractivity contribution in [2.24, 2.45) is 0 Å². The molecule has 1 heterocycles. The van der Waals surface area contributed by atoms with Crippen molar-refractivity contribution in [3.05, 3.63) is 23.2 Å². The van der Waals surface area contributed by atoms with E-state index in [-0.39, 0.29) is 0 Å². The van der Waals surface area contributed by atoms with Crippen molar-refractivity contribution in [1.29, 1.82) is 0 Å². The highest BCUT2D eigenvalue weighted by Crippen LogP contribution is 2.28. The smallest absolute Gasteiger partial charge is 0.118 e. The minimum absolute atomic E-state index is 0.734. The molecule has 2 rings (SSSR count). The van der Waals surface area contributed by atoms with Crippen LogP contribution in [0.5, 0.6) is 0 Å². The molecule has 0 saturated heterocycles. The third kappa shape index (κ3) is 4.34. The van der Waals surface area contributed by atoms with E-state index in [4.69, 9.17) is 9.15 Å². The maximum Gasteiger partial charge on any atom is 0.118 e. The third-order valence-electron chi connectivity index (χ3n) is 3.64. The number of aryl methyl sites for hydroxylation is 1. The van der Waals surface area contributed by atoms with Gasteiger partial charge in [0.2, 0.25) is 0 Å². The number of nitrogens with one attached hydrogen (secondary N) is 1. The molecule has 1 aliphatic carbocycles. The van der Waals surface area contributed by atoms with Crippen LogP contribution in [0.2, 0.25) is 0 Å². The Morgan fingerprint density at radius 2 is 2.26 bits per heavy atom. The average molecular weight is 266 g/mol. The van der Waals surface area contributed by atoms with Crippen LogP contribution in [0.1, 0.15) is 36.8 Å². The van der Waals surface area contributed by atoms with Crippen molar-refractivity contribution in [3.63, 3.8) is 0 Å². The van der Waals surface area contributed by atoms with Gasteiger partial charge in [0.1, 0.15) is 11.5 Å². The zero-order chi connectivity index (χ0) is 13.7. The topological polar surface area (TPSA) is 37.6 Å². The highest BCUT2D eigenvalue weighted by atomic mass is 16.5. The lowest BCUT2D eigenvalue weighted by atomic mass is 10.2. The van der Waals surface area contributed by atoms with E-state index < -0.39 is 0 Å². The van der Waals surface area contributed by atoms with Crippen molar-refractivity contribution in [2.75, 3.05) is 26.8 Å². The lowest BCUT2D eigenvalue weighted by Crippen LogP contribution is -2.28. The zero-order valence-corrected chi connectivity index (χ0v) is 12.4. The van der Waals surface area contributed by atoms with Crippen molar-refractivity contribution < 1.29 is 9.15 Å². The van der Waals surface area contributed by atoms with E-state index in [2.05, 4.69) is 23.2 Å². The first-order valence-corrected chi connectivity index (χ1v) is 7.26. The Morgan fingerprint density at radius 1 is 1.47 bits per heavy atom. The quantitative estimate of drug-likeness (QED) is 0.744. The molecule has 0 aromatic carbocycles. The highest BCUT2D eigenvalue weighted by molar-refractivity contribution is 5.20. The van der Waals surface area contributed by atoms with Crippen molar-refractivity contribution in [3.8, 4) is 0 Å². The number of hydrogen-bond acceptors (Lipinski definition) is 4. The van der Waals surface area contributed by atoms with Gasteiger partial charge < -0.3 is 14.5 Å². The Morgan fingerprint density at radius 3 is 2.89 bits per heavy atom. The Bertz CT molecular complexity index is 385. The van der Waals surface area contributed by atoms with Crippen molar-refractivity contribution in [1.82, 2.24) is 10.2 Å². The number of rotatable bonds is 9. The van der Waals surface area contributed by atoms with E-state index in [1.165, 1.54) is 18.4 Å². The molecule has 1 fully saturated rings. The maximum atomic E-state index is 5.88. The fraction of sp³-hybridized carbons (Fsp3) is 0.733. The van der Waals surface area contributed by atoms with Crippen LogP contribution in [0.3, 0.4) is 0 Å². The summed E-state index contributed by atoms with van der Waals surface area (Å²) >= 11 is 0. The van der Waals surface area contributed by atoms with Gasteiger partial charge in [0, 0.05) is 31.8 Å². The molecule has 0 unspecified atom stereocenters. The Balaban J connectivity index is 1.92. The van der Waals surface area contributed by atoms with Crippen LogP contribution in [-0.2, 0) is 17.8 Å². The predicted octanol–water partition coefficient (Wildman–Crippen LogP) is 2.31. The standard InChI is InChI=1S/C15H26N2O2/c1-4-16-10-13-9-15(19-12(13)2)11-17(7-8-18-3)14-5-6-14/h9,14,16H,4-8,10-11H2,1-3H3. The van der Waals surface area contributed by atoms with Gasteiger partial charge in [-0.15, -0.1) is 0 Å². The van der Waals surface area contributed by atoms with Gasteiger partial charge in [-0.25, -0.2) is 0 Å². The summed E-state index contributed by atoms with van der Waals surface area (Å²) in [5, 5.41) is 3.35. The fourth-order valence-corrected chi connectivity index (χ4v) is 2.34. The number of ether oxygens (including phenoxy) is 1. The maximum absolute atomic E-state index is 5.88. The molecule has 1 saturated carbocycles. The molecule has 19 heavy (non-hydrogen) atoms. The second kappa shape index (κ2) is 7.08. The summed E-state index contributed by atoms with van der Waals surface area (Å²) in [7, 11) is 1.76. The molecule has 0 atom stereocenters. The first-order valence-electron chi connectivity index (χ1n) is 7.26. The van der Waals surface area contributed by atoms with Gasteiger partial charge in [-0.1, -0.05) is 6.92 Å². The molecule has 1 aromatic heterocycles. The Labute approximate surface area is 116 Å². The minimum Gasteiger partial charge on any atom is -0.465 e. The molecule has 0 amide bonds. The monoisotopic (exact) mass is 266 g/mol. The molecule has 0 radical (unpaired) electrons. The van der Waals surface area contributed by atoms with Crippen LogP contribution in [0, 0.1) is 6.92 Å². The largest absolute Gasteiger partial charge is 0.465 e. The van der Waals surface area contributed by atoms with E-state index in [0.717, 1.165) is 50.3 Å². The average Bonchev–Trinajstić information content (AvgIpc) is 3.18. The molecule has 1 aliphatic rings. The zero-order valence-electron chi connectivity index (χ0n) is 12.4. The summed E-state index contributed by atoms with van der Waals surface area (Å²) in [4.78, 5) is 2.47. The second-order valence-corrected chi connectivity index (χ2v) is 5.27. The predicted molar refractivity (Wildman–Crippen MR) is 76.1 cm³/mol. The van der Waals surface area contributed by atoms with Gasteiger partial charge in [0.25, 0.3) is 0 Å². The SMILES string of the molecule is CCNCc1cc(CN(CCOC)C2CC2)oc1C. The summed E-state index contributed by atoms with van der Waals surface area (Å²) in [5.41, 5.74) is 1.28. The van der Waals surface area contributed by atoms with Crippen LogP contribution >= 0.6 is 0 Å². The molecule has 4 heteroatoms. The van der Waals surface area contributed by atoms with Crippen LogP contribution < -0.4 is 5.32 Å². The van der Waals surface area contributed by atoms with Gasteiger partial charge in [0.05, 0.1) is 13.2 Å². The van der Waals surface area contributed by atoms with Crippen LogP contribution in [0.25, 0.3) is 0 Å². The molecule has 0 bridgehead atoms. The molecule has 1 N–H and O–H groups in total. The lowest BCUT2D eigenvalue weighted by Gasteiger charge is -2.19. The van der Waals surface area contributed by atoms with Gasteiger partial charge >= 0.3 is 0 Å². The number of hydrogen-bond donors (Lipinski definition) is 1. The fourth-order valence-electron chi connectivity index (χ4n) is 2.34. The third-order valence-corrected chi connectivity index (χ3v) is 3.64. The van der Waals surface area contributed by atoms with Crippen LogP contribution in [-0.4, -0.2) is 37.7 Å². The molecule has 0 spiro atoms. The molecule has 1 aromatic rings. The normalized spacial score (nSPS) is 15.4. The van der Waals surface area contributed by atoms with Crippen molar-refractivity contribution >= 4 is 0 Å². The van der Waals surface area contributed by atoms with Gasteiger partial charge in [0.15, 0.2) is 0 Å². The first kappa shape index (κ1) is 14.6. The molecular weight excluding hydrogens is 240 g/mol.